The molecule has 1 N–H and O–H groups in total. The largest absolute Gasteiger partial charge is 0.313 e. The van der Waals surface area contributed by atoms with Crippen molar-refractivity contribution in [1.82, 2.24) is 10.3 Å². The molecule has 0 aliphatic carbocycles. The molecule has 2 nitrogen and oxygen atoms in total. The van der Waals surface area contributed by atoms with E-state index in [1.54, 1.807) is 0 Å². The Labute approximate surface area is 113 Å². The van der Waals surface area contributed by atoms with E-state index in [1.165, 1.54) is 16.1 Å². The summed E-state index contributed by atoms with van der Waals surface area (Å²) in [5, 5.41) is 4.87. The first-order chi connectivity index (χ1) is 8.70. The van der Waals surface area contributed by atoms with Crippen LogP contribution in [0.15, 0.2) is 24.3 Å². The highest BCUT2D eigenvalue weighted by Gasteiger charge is 2.10. The minimum atomic E-state index is 0.624. The molecule has 2 aromatic rings. The summed E-state index contributed by atoms with van der Waals surface area (Å²) in [5.74, 6) is 0.699. The van der Waals surface area contributed by atoms with Gasteiger partial charge < -0.3 is 5.32 Å². The molecular weight excluding hydrogens is 240 g/mol. The average Bonchev–Trinajstić information content (AvgIpc) is 2.76. The van der Waals surface area contributed by atoms with Crippen molar-refractivity contribution in [2.45, 2.75) is 39.7 Å². The molecule has 3 heteroatoms. The zero-order chi connectivity index (χ0) is 13.0. The maximum Gasteiger partial charge on any atom is 0.0951 e. The van der Waals surface area contributed by atoms with E-state index in [4.69, 9.17) is 0 Å². The van der Waals surface area contributed by atoms with E-state index in [2.05, 4.69) is 55.3 Å². The van der Waals surface area contributed by atoms with Crippen LogP contribution in [0.5, 0.6) is 0 Å². The molecule has 0 bridgehead atoms. The van der Waals surface area contributed by atoms with Crippen molar-refractivity contribution in [3.8, 4) is 0 Å². The van der Waals surface area contributed by atoms with Crippen LogP contribution >= 0.6 is 11.3 Å². The third kappa shape index (κ3) is 3.30. The maximum atomic E-state index is 4.66. The third-order valence-electron chi connectivity index (χ3n) is 3.33. The number of hydrogen-bond acceptors (Lipinski definition) is 3. The minimum absolute atomic E-state index is 0.624. The van der Waals surface area contributed by atoms with E-state index in [-0.39, 0.29) is 0 Å². The summed E-state index contributed by atoms with van der Waals surface area (Å²) in [6.45, 7) is 7.82. The number of nitrogens with zero attached hydrogens (tertiary/aromatic N) is 1. The molecule has 0 amide bonds. The molecule has 18 heavy (non-hydrogen) atoms. The summed E-state index contributed by atoms with van der Waals surface area (Å²) in [6.07, 6.45) is 2.22. The van der Waals surface area contributed by atoms with Gasteiger partial charge in [0.1, 0.15) is 0 Å². The molecule has 0 spiro atoms. The molecule has 1 atom stereocenters. The fourth-order valence-corrected chi connectivity index (χ4v) is 3.21. The first-order valence-corrected chi connectivity index (χ1v) is 7.60. The highest BCUT2D eigenvalue weighted by atomic mass is 32.1. The van der Waals surface area contributed by atoms with Gasteiger partial charge in [0.2, 0.25) is 0 Å². The third-order valence-corrected chi connectivity index (χ3v) is 4.42. The summed E-state index contributed by atoms with van der Waals surface area (Å²) in [7, 11) is 0. The van der Waals surface area contributed by atoms with Gasteiger partial charge in [0, 0.05) is 19.0 Å². The van der Waals surface area contributed by atoms with Gasteiger partial charge in [-0.1, -0.05) is 32.9 Å². The topological polar surface area (TPSA) is 24.9 Å². The molecule has 0 aliphatic heterocycles. The normalized spacial score (nSPS) is 13.3. The molecule has 1 aromatic carbocycles. The van der Waals surface area contributed by atoms with Crippen molar-refractivity contribution in [3.05, 3.63) is 29.3 Å². The van der Waals surface area contributed by atoms with Gasteiger partial charge in [-0.2, -0.15) is 0 Å². The standard InChI is InChI=1S/C15H22N2S/c1-4-12(11(2)3)16-10-9-15-17-13-7-5-6-8-14(13)18-15/h5-8,11-12,16H,4,9-10H2,1-3H3. The lowest BCUT2D eigenvalue weighted by Crippen LogP contribution is -2.34. The Morgan fingerprint density at radius 3 is 2.72 bits per heavy atom. The SMILES string of the molecule is CCC(NCCc1nc2ccccc2s1)C(C)C. The molecule has 0 fully saturated rings. The van der Waals surface area contributed by atoms with Gasteiger partial charge >= 0.3 is 0 Å². The van der Waals surface area contributed by atoms with Crippen LogP contribution in [0.4, 0.5) is 0 Å². The zero-order valence-corrected chi connectivity index (χ0v) is 12.3. The van der Waals surface area contributed by atoms with Gasteiger partial charge in [0.05, 0.1) is 15.2 Å². The lowest BCUT2D eigenvalue weighted by molar-refractivity contribution is 0.391. The zero-order valence-electron chi connectivity index (χ0n) is 11.4. The van der Waals surface area contributed by atoms with Gasteiger partial charge in [-0.15, -0.1) is 11.3 Å². The molecule has 0 radical (unpaired) electrons. The Kier molecular flexibility index (Phi) is 4.72. The Bertz CT molecular complexity index is 457. The van der Waals surface area contributed by atoms with Gasteiger partial charge in [0.15, 0.2) is 0 Å². The minimum Gasteiger partial charge on any atom is -0.313 e. The maximum absolute atomic E-state index is 4.66. The second-order valence-corrected chi connectivity index (χ2v) is 6.15. The Hall–Kier alpha value is -0.930. The average molecular weight is 262 g/mol. The molecule has 98 valence electrons. The van der Waals surface area contributed by atoms with Crippen molar-refractivity contribution in [1.29, 1.82) is 0 Å². The predicted molar refractivity (Wildman–Crippen MR) is 80.2 cm³/mol. The summed E-state index contributed by atoms with van der Waals surface area (Å²) in [4.78, 5) is 4.66. The van der Waals surface area contributed by atoms with Crippen molar-refractivity contribution in [3.63, 3.8) is 0 Å². The first kappa shape index (κ1) is 13.5. The lowest BCUT2D eigenvalue weighted by atomic mass is 10.0. The van der Waals surface area contributed by atoms with E-state index in [0.717, 1.165) is 18.5 Å². The number of fused-ring (bicyclic) bond motifs is 1. The quantitative estimate of drug-likeness (QED) is 0.855. The van der Waals surface area contributed by atoms with E-state index in [1.807, 2.05) is 11.3 Å². The number of aromatic nitrogens is 1. The molecule has 0 saturated heterocycles. The molecule has 0 saturated carbocycles. The van der Waals surface area contributed by atoms with E-state index < -0.39 is 0 Å². The fraction of sp³-hybridized carbons (Fsp3) is 0.533. The summed E-state index contributed by atoms with van der Waals surface area (Å²) in [5.41, 5.74) is 1.13. The second kappa shape index (κ2) is 6.30. The monoisotopic (exact) mass is 262 g/mol. The molecular formula is C15H22N2S. The lowest BCUT2D eigenvalue weighted by Gasteiger charge is -2.20. The van der Waals surface area contributed by atoms with E-state index >= 15 is 0 Å². The number of rotatable bonds is 6. The highest BCUT2D eigenvalue weighted by Crippen LogP contribution is 2.21. The number of thiazole rings is 1. The highest BCUT2D eigenvalue weighted by molar-refractivity contribution is 7.18. The van der Waals surface area contributed by atoms with Crippen LogP contribution in [-0.4, -0.2) is 17.6 Å². The number of nitrogens with one attached hydrogen (secondary N) is 1. The van der Waals surface area contributed by atoms with Crippen molar-refractivity contribution in [2.75, 3.05) is 6.54 Å². The second-order valence-electron chi connectivity index (χ2n) is 5.04. The van der Waals surface area contributed by atoms with Gasteiger partial charge in [-0.05, 0) is 24.5 Å². The number of benzene rings is 1. The van der Waals surface area contributed by atoms with Crippen molar-refractivity contribution >= 4 is 21.6 Å². The van der Waals surface area contributed by atoms with Crippen LogP contribution in [0.25, 0.3) is 10.2 Å². The number of para-hydroxylation sites is 1. The summed E-state index contributed by atoms with van der Waals surface area (Å²) in [6, 6.07) is 8.99. The van der Waals surface area contributed by atoms with Crippen LogP contribution in [0.1, 0.15) is 32.2 Å². The van der Waals surface area contributed by atoms with Crippen LogP contribution in [0.2, 0.25) is 0 Å². The van der Waals surface area contributed by atoms with Crippen molar-refractivity contribution < 1.29 is 0 Å². The Balaban J connectivity index is 1.90. The predicted octanol–water partition coefficient (Wildman–Crippen LogP) is 3.86. The van der Waals surface area contributed by atoms with Crippen LogP contribution in [0.3, 0.4) is 0 Å². The van der Waals surface area contributed by atoms with Crippen LogP contribution in [0, 0.1) is 5.92 Å². The Morgan fingerprint density at radius 2 is 2.06 bits per heavy atom. The Morgan fingerprint density at radius 1 is 1.28 bits per heavy atom. The van der Waals surface area contributed by atoms with Gasteiger partial charge in [-0.3, -0.25) is 0 Å². The van der Waals surface area contributed by atoms with Gasteiger partial charge in [-0.25, -0.2) is 4.98 Å². The van der Waals surface area contributed by atoms with E-state index in [9.17, 15) is 0 Å². The first-order valence-electron chi connectivity index (χ1n) is 6.78. The van der Waals surface area contributed by atoms with Crippen LogP contribution in [-0.2, 0) is 6.42 Å². The van der Waals surface area contributed by atoms with E-state index in [0.29, 0.717) is 12.0 Å². The molecule has 1 aromatic heterocycles. The van der Waals surface area contributed by atoms with Crippen LogP contribution < -0.4 is 5.32 Å². The molecule has 2 rings (SSSR count). The summed E-state index contributed by atoms with van der Waals surface area (Å²) >= 11 is 1.81. The summed E-state index contributed by atoms with van der Waals surface area (Å²) < 4.78 is 1.29. The number of hydrogen-bond donors (Lipinski definition) is 1. The smallest absolute Gasteiger partial charge is 0.0951 e. The van der Waals surface area contributed by atoms with Gasteiger partial charge in [0.25, 0.3) is 0 Å². The fourth-order valence-electron chi connectivity index (χ4n) is 2.24. The molecule has 1 heterocycles. The molecule has 1 unspecified atom stereocenters. The molecule has 0 aliphatic rings. The van der Waals surface area contributed by atoms with Crippen molar-refractivity contribution in [2.24, 2.45) is 5.92 Å².